The zero-order valence-electron chi connectivity index (χ0n) is 9.40. The fourth-order valence-corrected chi connectivity index (χ4v) is 1.85. The molecule has 94 valence electrons. The molecule has 1 fully saturated rings. The van der Waals surface area contributed by atoms with E-state index in [0.717, 1.165) is 0 Å². The van der Waals surface area contributed by atoms with Crippen molar-refractivity contribution in [2.24, 2.45) is 0 Å². The predicted octanol–water partition coefficient (Wildman–Crippen LogP) is -0.695. The minimum absolute atomic E-state index is 0.0341. The zero-order valence-corrected chi connectivity index (χ0v) is 9.40. The number of anilines is 2. The molecule has 2 rings (SSSR count). The molecule has 0 bridgehead atoms. The Labute approximate surface area is 98.0 Å². The molecule has 17 heavy (non-hydrogen) atoms. The topological polar surface area (TPSA) is 113 Å². The summed E-state index contributed by atoms with van der Waals surface area (Å²) in [7, 11) is 0. The van der Waals surface area contributed by atoms with E-state index in [1.165, 1.54) is 6.33 Å². The smallest absolute Gasteiger partial charge is 0.276 e. The number of hydrogen-bond donors (Lipinski definition) is 4. The van der Waals surface area contributed by atoms with E-state index in [4.69, 9.17) is 10.5 Å². The van der Waals surface area contributed by atoms with Crippen LogP contribution in [0.4, 0.5) is 11.5 Å². The largest absolute Gasteiger partial charge is 0.394 e. The van der Waals surface area contributed by atoms with Crippen LogP contribution in [-0.4, -0.2) is 40.4 Å². The number of aliphatic hydroxyl groups excluding tert-OH is 1. The maximum Gasteiger partial charge on any atom is 0.276 e. The minimum Gasteiger partial charge on any atom is -0.394 e. The lowest BCUT2D eigenvalue weighted by atomic mass is 9.91. The third-order valence-electron chi connectivity index (χ3n) is 3.03. The molecular weight excluding hydrogens is 224 g/mol. The number of hydrogen-bond acceptors (Lipinski definition) is 6. The van der Waals surface area contributed by atoms with Gasteiger partial charge in [0.1, 0.15) is 5.69 Å². The second-order valence-corrected chi connectivity index (χ2v) is 4.17. The van der Waals surface area contributed by atoms with Crippen molar-refractivity contribution in [3.63, 3.8) is 0 Å². The summed E-state index contributed by atoms with van der Waals surface area (Å²) in [6.45, 7) is 1.08. The van der Waals surface area contributed by atoms with Gasteiger partial charge in [-0.25, -0.2) is 4.98 Å². The molecule has 1 aromatic heterocycles. The Bertz CT molecular complexity index is 439. The maximum atomic E-state index is 11.3. The van der Waals surface area contributed by atoms with Crippen LogP contribution in [0.25, 0.3) is 0 Å². The summed E-state index contributed by atoms with van der Waals surface area (Å²) in [6, 6.07) is 0. The molecule has 1 aliphatic heterocycles. The van der Waals surface area contributed by atoms with Crippen LogP contribution in [0.5, 0.6) is 0 Å². The Kier molecular flexibility index (Phi) is 3.30. The number of ether oxygens (including phenoxy) is 1. The molecule has 7 heteroatoms. The fraction of sp³-hybridized carbons (Fsp3) is 0.600. The highest BCUT2D eigenvalue weighted by Crippen LogP contribution is 2.25. The summed E-state index contributed by atoms with van der Waals surface area (Å²) in [5.74, 6) is 0.310. The molecule has 0 amide bonds. The highest BCUT2D eigenvalue weighted by molar-refractivity contribution is 5.60. The van der Waals surface area contributed by atoms with Gasteiger partial charge in [-0.15, -0.1) is 0 Å². The van der Waals surface area contributed by atoms with Gasteiger partial charge >= 0.3 is 0 Å². The van der Waals surface area contributed by atoms with E-state index in [9.17, 15) is 9.90 Å². The average Bonchev–Trinajstić information content (AvgIpc) is 2.36. The first kappa shape index (κ1) is 11.9. The summed E-state index contributed by atoms with van der Waals surface area (Å²) in [6.07, 6.45) is 2.58. The van der Waals surface area contributed by atoms with E-state index in [0.29, 0.717) is 31.9 Å². The Morgan fingerprint density at radius 1 is 1.59 bits per heavy atom. The molecule has 0 unspecified atom stereocenters. The van der Waals surface area contributed by atoms with Gasteiger partial charge in [0.2, 0.25) is 0 Å². The van der Waals surface area contributed by atoms with Gasteiger partial charge in [0.05, 0.1) is 18.5 Å². The second-order valence-electron chi connectivity index (χ2n) is 4.17. The number of nitrogen functional groups attached to an aromatic ring is 1. The van der Waals surface area contributed by atoms with Gasteiger partial charge < -0.3 is 25.9 Å². The van der Waals surface area contributed by atoms with Gasteiger partial charge in [-0.05, 0) is 12.8 Å². The number of nitrogens with one attached hydrogen (secondary N) is 2. The Morgan fingerprint density at radius 2 is 2.29 bits per heavy atom. The molecule has 0 saturated carbocycles. The van der Waals surface area contributed by atoms with E-state index < -0.39 is 5.54 Å². The van der Waals surface area contributed by atoms with Crippen molar-refractivity contribution in [3.8, 4) is 0 Å². The number of aromatic nitrogens is 2. The van der Waals surface area contributed by atoms with Crippen molar-refractivity contribution >= 4 is 11.5 Å². The molecular formula is C10H16N4O3. The van der Waals surface area contributed by atoms with Crippen molar-refractivity contribution < 1.29 is 9.84 Å². The van der Waals surface area contributed by atoms with Crippen LogP contribution in [-0.2, 0) is 4.74 Å². The first-order valence-corrected chi connectivity index (χ1v) is 5.47. The standard InChI is InChI=1S/C10H16N4O3/c11-7-8(12-6-13-9(7)16)14-10(5-15)1-3-17-4-2-10/h6,15H,1-5,11H2,(H2,12,13,14,16). The number of aliphatic hydroxyl groups is 1. The number of nitrogens with zero attached hydrogens (tertiary/aromatic N) is 1. The van der Waals surface area contributed by atoms with E-state index in [-0.39, 0.29) is 17.9 Å². The number of H-pyrrole nitrogens is 1. The summed E-state index contributed by atoms with van der Waals surface area (Å²) >= 11 is 0. The summed E-state index contributed by atoms with van der Waals surface area (Å²) < 4.78 is 5.25. The highest BCUT2D eigenvalue weighted by atomic mass is 16.5. The number of aromatic amines is 1. The molecule has 0 aliphatic carbocycles. The van der Waals surface area contributed by atoms with E-state index in [1.807, 2.05) is 0 Å². The van der Waals surface area contributed by atoms with Gasteiger partial charge in [0, 0.05) is 13.2 Å². The van der Waals surface area contributed by atoms with Gasteiger partial charge in [0.25, 0.3) is 5.56 Å². The Hall–Kier alpha value is -1.60. The van der Waals surface area contributed by atoms with E-state index in [2.05, 4.69) is 15.3 Å². The number of nitrogens with two attached hydrogens (primary N) is 1. The van der Waals surface area contributed by atoms with Gasteiger partial charge in [-0.1, -0.05) is 0 Å². The highest BCUT2D eigenvalue weighted by Gasteiger charge is 2.32. The molecule has 2 heterocycles. The van der Waals surface area contributed by atoms with Crippen molar-refractivity contribution in [1.82, 2.24) is 9.97 Å². The molecule has 1 saturated heterocycles. The molecule has 1 aliphatic rings. The molecule has 0 aromatic carbocycles. The summed E-state index contributed by atoms with van der Waals surface area (Å²) in [5, 5.41) is 12.6. The SMILES string of the molecule is Nc1c(NC2(CO)CCOCC2)nc[nH]c1=O. The lowest BCUT2D eigenvalue weighted by molar-refractivity contribution is 0.0378. The Balaban J connectivity index is 2.23. The minimum atomic E-state index is -0.507. The third kappa shape index (κ3) is 2.40. The zero-order chi connectivity index (χ0) is 12.3. The lowest BCUT2D eigenvalue weighted by Gasteiger charge is -2.36. The van der Waals surface area contributed by atoms with Crippen LogP contribution in [0.1, 0.15) is 12.8 Å². The Morgan fingerprint density at radius 3 is 2.94 bits per heavy atom. The van der Waals surface area contributed by atoms with Gasteiger partial charge in [-0.2, -0.15) is 0 Å². The molecule has 0 radical (unpaired) electrons. The van der Waals surface area contributed by atoms with E-state index in [1.54, 1.807) is 0 Å². The quantitative estimate of drug-likeness (QED) is 0.556. The maximum absolute atomic E-state index is 11.3. The van der Waals surface area contributed by atoms with Crippen molar-refractivity contribution in [2.75, 3.05) is 30.9 Å². The monoisotopic (exact) mass is 240 g/mol. The fourth-order valence-electron chi connectivity index (χ4n) is 1.85. The normalized spacial score (nSPS) is 18.9. The van der Waals surface area contributed by atoms with E-state index >= 15 is 0 Å². The molecule has 7 nitrogen and oxygen atoms in total. The second kappa shape index (κ2) is 4.72. The molecule has 0 atom stereocenters. The summed E-state index contributed by atoms with van der Waals surface area (Å²) in [5.41, 5.74) is 4.77. The first-order chi connectivity index (χ1) is 8.17. The van der Waals surface area contributed by atoms with Crippen LogP contribution in [0.3, 0.4) is 0 Å². The average molecular weight is 240 g/mol. The summed E-state index contributed by atoms with van der Waals surface area (Å²) in [4.78, 5) is 17.7. The third-order valence-corrected chi connectivity index (χ3v) is 3.03. The number of rotatable bonds is 3. The van der Waals surface area contributed by atoms with Gasteiger partial charge in [-0.3, -0.25) is 4.79 Å². The van der Waals surface area contributed by atoms with Crippen LogP contribution >= 0.6 is 0 Å². The van der Waals surface area contributed by atoms with Crippen LogP contribution in [0.15, 0.2) is 11.1 Å². The van der Waals surface area contributed by atoms with Crippen molar-refractivity contribution in [1.29, 1.82) is 0 Å². The van der Waals surface area contributed by atoms with Gasteiger partial charge in [0.15, 0.2) is 5.82 Å². The predicted molar refractivity (Wildman–Crippen MR) is 62.8 cm³/mol. The molecule has 5 N–H and O–H groups in total. The van der Waals surface area contributed by atoms with Crippen LogP contribution in [0.2, 0.25) is 0 Å². The molecule has 0 spiro atoms. The lowest BCUT2D eigenvalue weighted by Crippen LogP contribution is -2.47. The van der Waals surface area contributed by atoms with Crippen LogP contribution in [0, 0.1) is 0 Å². The van der Waals surface area contributed by atoms with Crippen molar-refractivity contribution in [3.05, 3.63) is 16.7 Å². The van der Waals surface area contributed by atoms with Crippen molar-refractivity contribution in [2.45, 2.75) is 18.4 Å². The molecule has 1 aromatic rings. The van der Waals surface area contributed by atoms with Crippen LogP contribution < -0.4 is 16.6 Å². The first-order valence-electron chi connectivity index (χ1n) is 5.47.